The Balaban J connectivity index is 2.84. The van der Waals surface area contributed by atoms with Crippen molar-refractivity contribution in [1.82, 2.24) is 9.97 Å². The summed E-state index contributed by atoms with van der Waals surface area (Å²) in [7, 11) is 0. The van der Waals surface area contributed by atoms with E-state index >= 15 is 0 Å². The summed E-state index contributed by atoms with van der Waals surface area (Å²) in [5.41, 5.74) is -1.90. The van der Waals surface area contributed by atoms with Crippen molar-refractivity contribution in [2.24, 2.45) is 0 Å². The number of hydrogen-bond donors (Lipinski definition) is 0. The molecule has 0 spiro atoms. The van der Waals surface area contributed by atoms with E-state index in [-0.39, 0.29) is 4.47 Å². The second kappa shape index (κ2) is 5.14. The van der Waals surface area contributed by atoms with Gasteiger partial charge in [-0.1, -0.05) is 11.6 Å². The molecule has 0 unspecified atom stereocenters. The zero-order valence-electron chi connectivity index (χ0n) is 8.90. The maximum atomic E-state index is 13.9. The lowest BCUT2D eigenvalue weighted by molar-refractivity contribution is -0.384. The van der Waals surface area contributed by atoms with Gasteiger partial charge < -0.3 is 0 Å². The van der Waals surface area contributed by atoms with Crippen LogP contribution in [-0.4, -0.2) is 14.9 Å². The lowest BCUT2D eigenvalue weighted by Gasteiger charge is -2.06. The van der Waals surface area contributed by atoms with Gasteiger partial charge in [-0.05, 0) is 28.1 Å². The maximum Gasteiger partial charge on any atom is 0.332 e. The SMILES string of the molecule is O=[N+]([O-])c1c(Cl)ncnc1-c1c(F)ccc(Br)c1F. The molecule has 2 aromatic rings. The molecule has 1 aromatic carbocycles. The molecule has 0 saturated heterocycles. The molecule has 0 aliphatic heterocycles. The van der Waals surface area contributed by atoms with Crippen molar-refractivity contribution < 1.29 is 13.7 Å². The fourth-order valence-electron chi connectivity index (χ4n) is 1.45. The number of aromatic nitrogens is 2. The molecule has 0 amide bonds. The van der Waals surface area contributed by atoms with Gasteiger partial charge in [-0.3, -0.25) is 10.1 Å². The maximum absolute atomic E-state index is 13.9. The molecule has 1 aromatic heterocycles. The number of benzene rings is 1. The quantitative estimate of drug-likeness (QED) is 0.358. The van der Waals surface area contributed by atoms with Crippen LogP contribution in [0.5, 0.6) is 0 Å². The first kappa shape index (κ1) is 13.8. The van der Waals surface area contributed by atoms with Crippen LogP contribution in [0, 0.1) is 21.7 Å². The number of nitrogens with zero attached hydrogens (tertiary/aromatic N) is 3. The van der Waals surface area contributed by atoms with Crippen LogP contribution < -0.4 is 0 Å². The molecule has 19 heavy (non-hydrogen) atoms. The second-order valence-electron chi connectivity index (χ2n) is 3.34. The fourth-order valence-corrected chi connectivity index (χ4v) is 1.98. The van der Waals surface area contributed by atoms with Crippen LogP contribution in [0.1, 0.15) is 0 Å². The molecule has 0 saturated carbocycles. The van der Waals surface area contributed by atoms with Crippen molar-refractivity contribution in [2.45, 2.75) is 0 Å². The third kappa shape index (κ3) is 2.41. The summed E-state index contributed by atoms with van der Waals surface area (Å²) in [6.07, 6.45) is 0.893. The Hall–Kier alpha value is -1.67. The third-order valence-corrected chi connectivity index (χ3v) is 3.13. The Morgan fingerprint density at radius 2 is 2.00 bits per heavy atom. The van der Waals surface area contributed by atoms with Gasteiger partial charge in [-0.15, -0.1) is 0 Å². The predicted octanol–water partition coefficient (Wildman–Crippen LogP) is 3.75. The van der Waals surface area contributed by atoms with Crippen molar-refractivity contribution in [1.29, 1.82) is 0 Å². The van der Waals surface area contributed by atoms with Gasteiger partial charge in [0, 0.05) is 0 Å². The van der Waals surface area contributed by atoms with E-state index in [9.17, 15) is 18.9 Å². The van der Waals surface area contributed by atoms with Crippen molar-refractivity contribution in [3.05, 3.63) is 49.8 Å². The molecular weight excluding hydrogens is 347 g/mol. The standard InChI is InChI=1S/C10H3BrClF2N3O2/c11-4-1-2-5(13)6(7(4)14)8-9(17(18)19)10(12)16-3-15-8/h1-3H. The van der Waals surface area contributed by atoms with Crippen LogP contribution in [-0.2, 0) is 0 Å². The Labute approximate surface area is 118 Å². The van der Waals surface area contributed by atoms with Gasteiger partial charge in [0.05, 0.1) is 15.0 Å². The van der Waals surface area contributed by atoms with Crippen LogP contribution in [0.25, 0.3) is 11.3 Å². The van der Waals surface area contributed by atoms with E-state index in [1.54, 1.807) is 0 Å². The van der Waals surface area contributed by atoms with E-state index in [0.717, 1.165) is 18.5 Å². The van der Waals surface area contributed by atoms with E-state index in [2.05, 4.69) is 25.9 Å². The average Bonchev–Trinajstić information content (AvgIpc) is 2.34. The van der Waals surface area contributed by atoms with Gasteiger partial charge in [-0.25, -0.2) is 18.7 Å². The van der Waals surface area contributed by atoms with E-state index in [1.165, 1.54) is 0 Å². The molecule has 0 atom stereocenters. The third-order valence-electron chi connectivity index (χ3n) is 2.24. The summed E-state index contributed by atoms with van der Waals surface area (Å²) in [4.78, 5) is 17.0. The molecule has 0 aliphatic carbocycles. The minimum Gasteiger partial charge on any atom is -0.258 e. The predicted molar refractivity (Wildman–Crippen MR) is 66.7 cm³/mol. The van der Waals surface area contributed by atoms with Gasteiger partial charge in [0.25, 0.3) is 0 Å². The summed E-state index contributed by atoms with van der Waals surface area (Å²) in [5.74, 6) is -1.99. The largest absolute Gasteiger partial charge is 0.332 e. The summed E-state index contributed by atoms with van der Waals surface area (Å²) < 4.78 is 27.6. The van der Waals surface area contributed by atoms with E-state index in [1.807, 2.05) is 0 Å². The Bertz CT molecular complexity index is 684. The molecule has 1 heterocycles. The second-order valence-corrected chi connectivity index (χ2v) is 4.55. The smallest absolute Gasteiger partial charge is 0.258 e. The highest BCUT2D eigenvalue weighted by molar-refractivity contribution is 9.10. The first-order chi connectivity index (χ1) is 8.93. The zero-order chi connectivity index (χ0) is 14.2. The molecule has 0 N–H and O–H groups in total. The van der Waals surface area contributed by atoms with Crippen LogP contribution in [0.2, 0.25) is 5.15 Å². The Kier molecular flexibility index (Phi) is 3.72. The molecule has 0 aliphatic rings. The minimum absolute atomic E-state index is 0.0482. The number of nitro groups is 1. The summed E-state index contributed by atoms with van der Waals surface area (Å²) in [5, 5.41) is 10.4. The van der Waals surface area contributed by atoms with Gasteiger partial charge >= 0.3 is 5.69 Å². The van der Waals surface area contributed by atoms with Crippen LogP contribution in [0.15, 0.2) is 22.9 Å². The monoisotopic (exact) mass is 349 g/mol. The van der Waals surface area contributed by atoms with Crippen LogP contribution >= 0.6 is 27.5 Å². The van der Waals surface area contributed by atoms with Crippen molar-refractivity contribution in [3.63, 3.8) is 0 Å². The average molecular weight is 351 g/mol. The normalized spacial score (nSPS) is 10.5. The highest BCUT2D eigenvalue weighted by atomic mass is 79.9. The van der Waals surface area contributed by atoms with Crippen LogP contribution in [0.4, 0.5) is 14.5 Å². The van der Waals surface area contributed by atoms with Gasteiger partial charge in [0.1, 0.15) is 18.0 Å². The number of hydrogen-bond acceptors (Lipinski definition) is 4. The van der Waals surface area contributed by atoms with Gasteiger partial charge in [0.2, 0.25) is 5.15 Å². The fraction of sp³-hybridized carbons (Fsp3) is 0. The van der Waals surface area contributed by atoms with Crippen LogP contribution in [0.3, 0.4) is 0 Å². The van der Waals surface area contributed by atoms with Crippen molar-refractivity contribution in [3.8, 4) is 11.3 Å². The van der Waals surface area contributed by atoms with E-state index < -0.39 is 38.7 Å². The first-order valence-electron chi connectivity index (χ1n) is 4.72. The molecule has 98 valence electrons. The molecule has 0 fully saturated rings. The zero-order valence-corrected chi connectivity index (χ0v) is 11.2. The summed E-state index contributed by atoms with van der Waals surface area (Å²) >= 11 is 8.44. The highest BCUT2D eigenvalue weighted by Crippen LogP contribution is 2.37. The Morgan fingerprint density at radius 3 is 2.63 bits per heavy atom. The number of halogens is 4. The van der Waals surface area contributed by atoms with E-state index in [4.69, 9.17) is 11.6 Å². The molecule has 9 heteroatoms. The lowest BCUT2D eigenvalue weighted by Crippen LogP contribution is -2.01. The van der Waals surface area contributed by atoms with Crippen molar-refractivity contribution in [2.75, 3.05) is 0 Å². The topological polar surface area (TPSA) is 68.9 Å². The minimum atomic E-state index is -1.00. The lowest BCUT2D eigenvalue weighted by atomic mass is 10.1. The molecular formula is C10H3BrClF2N3O2. The number of rotatable bonds is 2. The van der Waals surface area contributed by atoms with Gasteiger partial charge in [-0.2, -0.15) is 0 Å². The van der Waals surface area contributed by atoms with E-state index in [0.29, 0.717) is 0 Å². The summed E-state index contributed by atoms with van der Waals surface area (Å²) in [6.45, 7) is 0. The Morgan fingerprint density at radius 1 is 1.32 bits per heavy atom. The van der Waals surface area contributed by atoms with Gasteiger partial charge in [0.15, 0.2) is 5.69 Å². The highest BCUT2D eigenvalue weighted by Gasteiger charge is 2.27. The molecule has 0 radical (unpaired) electrons. The molecule has 2 rings (SSSR count). The van der Waals surface area contributed by atoms with Crippen molar-refractivity contribution >= 4 is 33.2 Å². The first-order valence-corrected chi connectivity index (χ1v) is 5.89. The molecule has 0 bridgehead atoms. The molecule has 5 nitrogen and oxygen atoms in total. The summed E-state index contributed by atoms with van der Waals surface area (Å²) in [6, 6.07) is 2.10.